The number of ether oxygens (including phenoxy) is 1. The minimum absolute atomic E-state index is 0.0927. The highest BCUT2D eigenvalue weighted by molar-refractivity contribution is 6.24. The van der Waals surface area contributed by atoms with Gasteiger partial charge in [-0.2, -0.15) is 0 Å². The second-order valence-corrected chi connectivity index (χ2v) is 7.43. The van der Waals surface area contributed by atoms with Gasteiger partial charge in [0.15, 0.2) is 0 Å². The van der Waals surface area contributed by atoms with Crippen molar-refractivity contribution in [1.82, 2.24) is 4.98 Å². The summed E-state index contributed by atoms with van der Waals surface area (Å²) >= 11 is 0. The molecular weight excluding hydrogens is 340 g/mol. The van der Waals surface area contributed by atoms with E-state index in [0.717, 1.165) is 27.9 Å². The maximum absolute atomic E-state index is 13.3. The molecule has 5 rings (SSSR count). The molecule has 0 spiro atoms. The topological polar surface area (TPSA) is 62.4 Å². The lowest BCUT2D eigenvalue weighted by Gasteiger charge is -2.27. The standard InChI is InChI=1S/C22H20N2O3/c1-12-10-16-19(22(26)24(21(16)25)13-6-4-3-5-7-13)20-18(12)15-11-14(27-2)8-9-17(15)23-20/h3-9,11-12,16,19,23H,10H2,1-2H3. The van der Waals surface area contributed by atoms with E-state index in [4.69, 9.17) is 4.74 Å². The number of anilines is 1. The van der Waals surface area contributed by atoms with Crippen molar-refractivity contribution in [3.05, 3.63) is 59.8 Å². The number of aromatic nitrogens is 1. The fraction of sp³-hybridized carbons (Fsp3) is 0.273. The summed E-state index contributed by atoms with van der Waals surface area (Å²) in [6.07, 6.45) is 0.676. The highest BCUT2D eigenvalue weighted by atomic mass is 16.5. The Bertz CT molecular complexity index is 1070. The predicted octanol–water partition coefficient (Wildman–Crippen LogP) is 3.96. The molecule has 0 saturated carbocycles. The van der Waals surface area contributed by atoms with Crippen LogP contribution in [-0.4, -0.2) is 23.9 Å². The largest absolute Gasteiger partial charge is 0.497 e. The summed E-state index contributed by atoms with van der Waals surface area (Å²) in [6, 6.07) is 15.1. The fourth-order valence-electron chi connectivity index (χ4n) is 4.74. The van der Waals surface area contributed by atoms with Gasteiger partial charge in [-0.15, -0.1) is 0 Å². The molecule has 0 radical (unpaired) electrons. The minimum Gasteiger partial charge on any atom is -0.497 e. The number of aromatic amines is 1. The summed E-state index contributed by atoms with van der Waals surface area (Å²) in [5.41, 5.74) is 3.65. The monoisotopic (exact) mass is 360 g/mol. The van der Waals surface area contributed by atoms with Gasteiger partial charge < -0.3 is 9.72 Å². The molecule has 1 saturated heterocycles. The van der Waals surface area contributed by atoms with Crippen LogP contribution in [0.25, 0.3) is 10.9 Å². The van der Waals surface area contributed by atoms with Crippen molar-refractivity contribution in [3.63, 3.8) is 0 Å². The summed E-state index contributed by atoms with van der Waals surface area (Å²) < 4.78 is 5.37. The molecule has 1 aliphatic heterocycles. The number of carbonyl (C=O) groups is 2. The SMILES string of the molecule is COc1ccc2[nH]c3c(c2c1)C(C)CC1C(=O)N(c2ccccc2)C(=O)C31. The molecule has 1 aromatic heterocycles. The molecule has 3 aromatic rings. The third-order valence-corrected chi connectivity index (χ3v) is 5.93. The molecule has 5 nitrogen and oxygen atoms in total. The zero-order valence-corrected chi connectivity index (χ0v) is 15.2. The van der Waals surface area contributed by atoms with Crippen LogP contribution in [-0.2, 0) is 9.59 Å². The van der Waals surface area contributed by atoms with Crippen LogP contribution in [0.3, 0.4) is 0 Å². The number of benzene rings is 2. The van der Waals surface area contributed by atoms with Crippen LogP contribution in [0.2, 0.25) is 0 Å². The van der Waals surface area contributed by atoms with Gasteiger partial charge in [-0.3, -0.25) is 9.59 Å². The number of hydrogen-bond donors (Lipinski definition) is 1. The number of H-pyrrole nitrogens is 1. The molecule has 2 amide bonds. The van der Waals surface area contributed by atoms with Crippen molar-refractivity contribution < 1.29 is 14.3 Å². The van der Waals surface area contributed by atoms with Gasteiger partial charge in [-0.1, -0.05) is 25.1 Å². The van der Waals surface area contributed by atoms with E-state index in [0.29, 0.717) is 12.1 Å². The van der Waals surface area contributed by atoms with E-state index in [1.54, 1.807) is 7.11 Å². The predicted molar refractivity (Wildman–Crippen MR) is 103 cm³/mol. The number of para-hydroxylation sites is 1. The molecule has 0 bridgehead atoms. The molecule has 1 fully saturated rings. The van der Waals surface area contributed by atoms with E-state index in [9.17, 15) is 9.59 Å². The van der Waals surface area contributed by atoms with Gasteiger partial charge in [0.05, 0.1) is 24.6 Å². The fourth-order valence-corrected chi connectivity index (χ4v) is 4.74. The van der Waals surface area contributed by atoms with Gasteiger partial charge in [0, 0.05) is 16.6 Å². The molecular formula is C22H20N2O3. The number of nitrogens with one attached hydrogen (secondary N) is 1. The Morgan fingerprint density at radius 1 is 1.07 bits per heavy atom. The zero-order valence-electron chi connectivity index (χ0n) is 15.2. The second-order valence-electron chi connectivity index (χ2n) is 7.43. The Balaban J connectivity index is 1.67. The van der Waals surface area contributed by atoms with Crippen molar-refractivity contribution in [2.75, 3.05) is 12.0 Å². The van der Waals surface area contributed by atoms with Crippen molar-refractivity contribution in [2.24, 2.45) is 5.92 Å². The summed E-state index contributed by atoms with van der Waals surface area (Å²) in [5, 5.41) is 1.08. The molecule has 2 aromatic carbocycles. The number of carbonyl (C=O) groups excluding carboxylic acids is 2. The average molecular weight is 360 g/mol. The first-order valence-electron chi connectivity index (χ1n) is 9.22. The van der Waals surface area contributed by atoms with E-state index in [1.807, 2.05) is 48.5 Å². The van der Waals surface area contributed by atoms with Gasteiger partial charge in [0.2, 0.25) is 11.8 Å². The molecule has 1 N–H and O–H groups in total. The van der Waals surface area contributed by atoms with Gasteiger partial charge >= 0.3 is 0 Å². The number of fused-ring (bicyclic) bond motifs is 5. The van der Waals surface area contributed by atoms with Gasteiger partial charge in [-0.25, -0.2) is 4.90 Å². The third-order valence-electron chi connectivity index (χ3n) is 5.93. The Morgan fingerprint density at radius 3 is 2.59 bits per heavy atom. The van der Waals surface area contributed by atoms with Crippen LogP contribution in [0, 0.1) is 5.92 Å². The molecule has 2 heterocycles. The lowest BCUT2D eigenvalue weighted by atomic mass is 9.74. The van der Waals surface area contributed by atoms with Gasteiger partial charge in [-0.05, 0) is 48.2 Å². The van der Waals surface area contributed by atoms with Crippen LogP contribution < -0.4 is 9.64 Å². The van der Waals surface area contributed by atoms with E-state index in [-0.39, 0.29) is 23.7 Å². The van der Waals surface area contributed by atoms with Crippen LogP contribution in [0.15, 0.2) is 48.5 Å². The zero-order chi connectivity index (χ0) is 18.7. The quantitative estimate of drug-likeness (QED) is 0.704. The average Bonchev–Trinajstić information content (AvgIpc) is 3.18. The first-order valence-corrected chi connectivity index (χ1v) is 9.22. The van der Waals surface area contributed by atoms with Gasteiger partial charge in [0.25, 0.3) is 0 Å². The summed E-state index contributed by atoms with van der Waals surface area (Å²) in [5.74, 6) is -0.00165. The Labute approximate surface area is 156 Å². The Kier molecular flexibility index (Phi) is 3.41. The lowest BCUT2D eigenvalue weighted by Crippen LogP contribution is -2.30. The van der Waals surface area contributed by atoms with E-state index in [1.165, 1.54) is 4.90 Å². The molecule has 3 atom stereocenters. The number of amides is 2. The maximum Gasteiger partial charge on any atom is 0.243 e. The Hall–Kier alpha value is -3.08. The van der Waals surface area contributed by atoms with Crippen molar-refractivity contribution in [1.29, 1.82) is 0 Å². The highest BCUT2D eigenvalue weighted by Crippen LogP contribution is 2.50. The molecule has 3 unspecified atom stereocenters. The number of imide groups is 1. The van der Waals surface area contributed by atoms with E-state index < -0.39 is 5.92 Å². The maximum atomic E-state index is 13.3. The van der Waals surface area contributed by atoms with E-state index >= 15 is 0 Å². The lowest BCUT2D eigenvalue weighted by molar-refractivity contribution is -0.122. The normalized spacial score (nSPS) is 24.2. The van der Waals surface area contributed by atoms with Crippen molar-refractivity contribution >= 4 is 28.4 Å². The number of nitrogens with zero attached hydrogens (tertiary/aromatic N) is 1. The molecule has 5 heteroatoms. The first kappa shape index (κ1) is 16.1. The van der Waals surface area contributed by atoms with Crippen molar-refractivity contribution in [3.8, 4) is 5.75 Å². The molecule has 136 valence electrons. The molecule has 1 aliphatic carbocycles. The minimum atomic E-state index is -0.442. The molecule has 2 aliphatic rings. The second kappa shape index (κ2) is 5.71. The third kappa shape index (κ3) is 2.17. The smallest absolute Gasteiger partial charge is 0.243 e. The summed E-state index contributed by atoms with van der Waals surface area (Å²) in [7, 11) is 1.65. The van der Waals surface area contributed by atoms with Crippen LogP contribution in [0.4, 0.5) is 5.69 Å². The number of hydrogen-bond acceptors (Lipinski definition) is 3. The summed E-state index contributed by atoms with van der Waals surface area (Å²) in [6.45, 7) is 2.13. The number of methoxy groups -OCH3 is 1. The first-order chi connectivity index (χ1) is 13.1. The van der Waals surface area contributed by atoms with Gasteiger partial charge in [0.1, 0.15) is 5.75 Å². The number of rotatable bonds is 2. The van der Waals surface area contributed by atoms with Crippen molar-refractivity contribution in [2.45, 2.75) is 25.2 Å². The summed E-state index contributed by atoms with van der Waals surface area (Å²) in [4.78, 5) is 31.2. The van der Waals surface area contributed by atoms with Crippen LogP contribution in [0.5, 0.6) is 5.75 Å². The Morgan fingerprint density at radius 2 is 1.85 bits per heavy atom. The highest BCUT2D eigenvalue weighted by Gasteiger charge is 2.53. The van der Waals surface area contributed by atoms with Crippen LogP contribution >= 0.6 is 0 Å². The van der Waals surface area contributed by atoms with Crippen LogP contribution in [0.1, 0.15) is 36.4 Å². The van der Waals surface area contributed by atoms with E-state index in [2.05, 4.69) is 11.9 Å². The molecule has 27 heavy (non-hydrogen) atoms.